The van der Waals surface area contributed by atoms with Crippen LogP contribution in [0.2, 0.25) is 0 Å². The molecule has 1 unspecified atom stereocenters. The second-order valence-corrected chi connectivity index (χ2v) is 4.87. The molecular weight excluding hydrogens is 230 g/mol. The number of piperidine rings is 1. The molecule has 1 aromatic rings. The zero-order chi connectivity index (χ0) is 13.3. The highest BCUT2D eigenvalue weighted by Crippen LogP contribution is 2.19. The Labute approximate surface area is 107 Å². The first-order valence-electron chi connectivity index (χ1n) is 6.35. The van der Waals surface area contributed by atoms with Crippen molar-refractivity contribution in [3.8, 4) is 0 Å². The molecule has 0 N–H and O–H groups in total. The standard InChI is InChI=1S/C13H19N3O2/c1-4-10-7-16(6-5-12(10)17)13(18)11-8-15(3)14-9(11)2/h8,10H,4-7H2,1-3H3. The van der Waals surface area contributed by atoms with E-state index in [0.717, 1.165) is 12.1 Å². The lowest BCUT2D eigenvalue weighted by Crippen LogP contribution is -2.44. The van der Waals surface area contributed by atoms with Gasteiger partial charge < -0.3 is 4.90 Å². The molecule has 5 heteroatoms. The zero-order valence-electron chi connectivity index (χ0n) is 11.1. The van der Waals surface area contributed by atoms with E-state index < -0.39 is 0 Å². The lowest BCUT2D eigenvalue weighted by Gasteiger charge is -2.31. The van der Waals surface area contributed by atoms with Gasteiger partial charge in [0.05, 0.1) is 11.3 Å². The summed E-state index contributed by atoms with van der Waals surface area (Å²) in [4.78, 5) is 25.8. The number of likely N-dealkylation sites (tertiary alicyclic amines) is 1. The molecule has 5 nitrogen and oxygen atoms in total. The molecule has 2 heterocycles. The average Bonchev–Trinajstić information content (AvgIpc) is 2.68. The number of amides is 1. The normalized spacial score (nSPS) is 20.3. The Morgan fingerprint density at radius 3 is 2.83 bits per heavy atom. The molecule has 1 amide bonds. The van der Waals surface area contributed by atoms with Crippen LogP contribution in [-0.2, 0) is 11.8 Å². The first-order chi connectivity index (χ1) is 8.52. The third-order valence-electron chi connectivity index (χ3n) is 3.55. The Bertz CT molecular complexity index is 479. The molecule has 1 atom stereocenters. The third kappa shape index (κ3) is 2.30. The SMILES string of the molecule is CCC1CN(C(=O)c2cn(C)nc2C)CCC1=O. The third-order valence-corrected chi connectivity index (χ3v) is 3.55. The molecule has 0 radical (unpaired) electrons. The topological polar surface area (TPSA) is 55.2 Å². The highest BCUT2D eigenvalue weighted by molar-refractivity contribution is 5.96. The van der Waals surface area contributed by atoms with E-state index in [1.165, 1.54) is 0 Å². The number of ketones is 1. The number of hydrogen-bond donors (Lipinski definition) is 0. The molecular formula is C13H19N3O2. The van der Waals surface area contributed by atoms with Crippen molar-refractivity contribution >= 4 is 11.7 Å². The van der Waals surface area contributed by atoms with Gasteiger partial charge in [-0.3, -0.25) is 14.3 Å². The molecule has 0 aliphatic carbocycles. The molecule has 1 aliphatic rings. The van der Waals surface area contributed by atoms with Crippen molar-refractivity contribution in [2.75, 3.05) is 13.1 Å². The van der Waals surface area contributed by atoms with Gasteiger partial charge in [0.1, 0.15) is 5.78 Å². The van der Waals surface area contributed by atoms with Gasteiger partial charge in [0.2, 0.25) is 0 Å². The number of Topliss-reactive ketones (excluding diaryl/α,β-unsaturated/α-hetero) is 1. The van der Waals surface area contributed by atoms with E-state index in [4.69, 9.17) is 0 Å². The predicted octanol–water partition coefficient (Wildman–Crippen LogP) is 1.17. The van der Waals surface area contributed by atoms with Crippen LogP contribution < -0.4 is 0 Å². The molecule has 0 bridgehead atoms. The van der Waals surface area contributed by atoms with Crippen LogP contribution in [0.25, 0.3) is 0 Å². The first-order valence-corrected chi connectivity index (χ1v) is 6.35. The first kappa shape index (κ1) is 12.8. The summed E-state index contributed by atoms with van der Waals surface area (Å²) in [6.07, 6.45) is 3.02. The Hall–Kier alpha value is -1.65. The van der Waals surface area contributed by atoms with Gasteiger partial charge in [0.25, 0.3) is 5.91 Å². The Morgan fingerprint density at radius 2 is 2.28 bits per heavy atom. The maximum Gasteiger partial charge on any atom is 0.257 e. The van der Waals surface area contributed by atoms with Gasteiger partial charge in [-0.05, 0) is 13.3 Å². The Balaban J connectivity index is 2.15. The van der Waals surface area contributed by atoms with E-state index in [1.807, 2.05) is 13.8 Å². The fraction of sp³-hybridized carbons (Fsp3) is 0.615. The van der Waals surface area contributed by atoms with Crippen molar-refractivity contribution in [3.63, 3.8) is 0 Å². The van der Waals surface area contributed by atoms with Crippen LogP contribution in [0.1, 0.15) is 35.8 Å². The van der Waals surface area contributed by atoms with Crippen LogP contribution in [0, 0.1) is 12.8 Å². The molecule has 2 rings (SSSR count). The maximum atomic E-state index is 12.4. The van der Waals surface area contributed by atoms with Crippen molar-refractivity contribution in [3.05, 3.63) is 17.5 Å². The minimum atomic E-state index is -0.00782. The van der Waals surface area contributed by atoms with Crippen molar-refractivity contribution in [2.45, 2.75) is 26.7 Å². The minimum Gasteiger partial charge on any atom is -0.337 e. The van der Waals surface area contributed by atoms with E-state index in [9.17, 15) is 9.59 Å². The fourth-order valence-corrected chi connectivity index (χ4v) is 2.43. The maximum absolute atomic E-state index is 12.4. The van der Waals surface area contributed by atoms with Crippen LogP contribution in [0.4, 0.5) is 0 Å². The summed E-state index contributed by atoms with van der Waals surface area (Å²) < 4.78 is 1.65. The Morgan fingerprint density at radius 1 is 1.56 bits per heavy atom. The summed E-state index contributed by atoms with van der Waals surface area (Å²) in [5, 5.41) is 4.18. The van der Waals surface area contributed by atoms with Crippen molar-refractivity contribution < 1.29 is 9.59 Å². The van der Waals surface area contributed by atoms with E-state index >= 15 is 0 Å². The van der Waals surface area contributed by atoms with E-state index in [0.29, 0.717) is 25.1 Å². The van der Waals surface area contributed by atoms with Crippen molar-refractivity contribution in [1.29, 1.82) is 0 Å². The largest absolute Gasteiger partial charge is 0.337 e. The van der Waals surface area contributed by atoms with Crippen molar-refractivity contribution in [1.82, 2.24) is 14.7 Å². The fourth-order valence-electron chi connectivity index (χ4n) is 2.43. The lowest BCUT2D eigenvalue weighted by atomic mass is 9.94. The second-order valence-electron chi connectivity index (χ2n) is 4.87. The predicted molar refractivity (Wildman–Crippen MR) is 67.3 cm³/mol. The summed E-state index contributed by atoms with van der Waals surface area (Å²) in [6.45, 7) is 4.90. The van der Waals surface area contributed by atoms with Crippen LogP contribution in [-0.4, -0.2) is 39.5 Å². The van der Waals surface area contributed by atoms with Gasteiger partial charge in [-0.25, -0.2) is 0 Å². The molecule has 18 heavy (non-hydrogen) atoms. The molecule has 1 aliphatic heterocycles. The van der Waals surface area contributed by atoms with Gasteiger partial charge in [-0.2, -0.15) is 5.10 Å². The van der Waals surface area contributed by atoms with Gasteiger partial charge in [-0.15, -0.1) is 0 Å². The van der Waals surface area contributed by atoms with Gasteiger partial charge in [0, 0.05) is 38.7 Å². The minimum absolute atomic E-state index is 0.000299. The van der Waals surface area contributed by atoms with Gasteiger partial charge >= 0.3 is 0 Å². The summed E-state index contributed by atoms with van der Waals surface area (Å²) in [5.41, 5.74) is 1.38. The molecule has 0 saturated carbocycles. The molecule has 1 saturated heterocycles. The monoisotopic (exact) mass is 249 g/mol. The number of aromatic nitrogens is 2. The van der Waals surface area contributed by atoms with Gasteiger partial charge in [-0.1, -0.05) is 6.92 Å². The van der Waals surface area contributed by atoms with Crippen LogP contribution >= 0.6 is 0 Å². The summed E-state index contributed by atoms with van der Waals surface area (Å²) in [7, 11) is 1.80. The number of hydrogen-bond acceptors (Lipinski definition) is 3. The highest BCUT2D eigenvalue weighted by atomic mass is 16.2. The number of aryl methyl sites for hydroxylation is 2. The van der Waals surface area contributed by atoms with Crippen LogP contribution in [0.5, 0.6) is 0 Å². The van der Waals surface area contributed by atoms with Crippen molar-refractivity contribution in [2.24, 2.45) is 13.0 Å². The Kier molecular flexibility index (Phi) is 3.50. The zero-order valence-corrected chi connectivity index (χ0v) is 11.1. The van der Waals surface area contributed by atoms with E-state index in [-0.39, 0.29) is 17.6 Å². The quantitative estimate of drug-likeness (QED) is 0.790. The lowest BCUT2D eigenvalue weighted by molar-refractivity contribution is -0.125. The van der Waals surface area contributed by atoms with Crippen LogP contribution in [0.15, 0.2) is 6.20 Å². The van der Waals surface area contributed by atoms with Crippen LogP contribution in [0.3, 0.4) is 0 Å². The number of rotatable bonds is 2. The molecule has 98 valence electrons. The number of carbonyl (C=O) groups excluding carboxylic acids is 2. The summed E-state index contributed by atoms with van der Waals surface area (Å²) >= 11 is 0. The summed E-state index contributed by atoms with van der Waals surface area (Å²) in [5.74, 6) is 0.274. The second kappa shape index (κ2) is 4.92. The smallest absolute Gasteiger partial charge is 0.257 e. The number of carbonyl (C=O) groups is 2. The highest BCUT2D eigenvalue weighted by Gasteiger charge is 2.30. The van der Waals surface area contributed by atoms with E-state index in [1.54, 1.807) is 22.8 Å². The summed E-state index contributed by atoms with van der Waals surface area (Å²) in [6, 6.07) is 0. The average molecular weight is 249 g/mol. The molecule has 1 fully saturated rings. The van der Waals surface area contributed by atoms with E-state index in [2.05, 4.69) is 5.10 Å². The molecule has 0 aromatic carbocycles. The number of nitrogens with zero attached hydrogens (tertiary/aromatic N) is 3. The molecule has 0 spiro atoms. The molecule has 1 aromatic heterocycles. The van der Waals surface area contributed by atoms with Gasteiger partial charge in [0.15, 0.2) is 0 Å².